The topological polar surface area (TPSA) is 199 Å². The fourth-order valence-electron chi connectivity index (χ4n) is 12.2. The first-order valence-corrected chi connectivity index (χ1v) is 32.3. The molecule has 15 nitrogen and oxygen atoms in total. The molecule has 3 fully saturated rings. The van der Waals surface area contributed by atoms with Crippen LogP contribution in [0.3, 0.4) is 0 Å². The summed E-state index contributed by atoms with van der Waals surface area (Å²) >= 11 is 0. The van der Waals surface area contributed by atoms with E-state index in [0.717, 1.165) is 12.1 Å². The molecule has 418 valence electrons. The van der Waals surface area contributed by atoms with Crippen molar-refractivity contribution in [2.45, 2.75) is 186 Å². The van der Waals surface area contributed by atoms with Crippen LogP contribution in [0.4, 0.5) is 4.39 Å². The summed E-state index contributed by atoms with van der Waals surface area (Å²) in [6.45, 7) is 24.7. The van der Waals surface area contributed by atoms with E-state index >= 15 is 9.59 Å². The Balaban J connectivity index is 1.50. The minimum absolute atomic E-state index is 0.0469. The van der Waals surface area contributed by atoms with E-state index < -0.39 is 140 Å². The van der Waals surface area contributed by atoms with E-state index in [1.165, 1.54) is 26.0 Å². The lowest BCUT2D eigenvalue weighted by Gasteiger charge is -2.68. The smallest absolute Gasteiger partial charge is 0.338 e. The molecule has 77 heavy (non-hydrogen) atoms. The molecule has 18 heteroatoms. The lowest BCUT2D eigenvalue weighted by Crippen LogP contribution is -2.82. The van der Waals surface area contributed by atoms with Gasteiger partial charge in [0, 0.05) is 37.7 Å². The molecule has 3 aliphatic carbocycles. The lowest BCUT2D eigenvalue weighted by molar-refractivity contribution is -0.344. The maximum absolute atomic E-state index is 16.6. The van der Waals surface area contributed by atoms with E-state index in [-0.39, 0.29) is 29.7 Å². The predicted molar refractivity (Wildman–Crippen MR) is 290 cm³/mol. The van der Waals surface area contributed by atoms with Gasteiger partial charge in [-0.05, 0) is 103 Å². The van der Waals surface area contributed by atoms with Gasteiger partial charge in [0.15, 0.2) is 40.2 Å². The molecule has 0 radical (unpaired) electrons. The van der Waals surface area contributed by atoms with E-state index in [2.05, 4.69) is 5.32 Å². The van der Waals surface area contributed by atoms with Crippen LogP contribution >= 0.6 is 0 Å². The second-order valence-corrected chi connectivity index (χ2v) is 33.2. The zero-order valence-corrected chi connectivity index (χ0v) is 49.1. The molecule has 4 aliphatic rings. The molecule has 0 unspecified atom stereocenters. The highest BCUT2D eigenvalue weighted by Crippen LogP contribution is 2.65. The SMILES string of the molecule is CC[Si](CC)(CC)O[C@H]1C[C@H]2OC[C@@]2(OC(C)=O)[C@H]2[C@H](OC(=O)c3ccc(F)cc3)[C@]3(O)C[C@H](OC(=O)[C@H](O[Si](C)(C)C(C)(C)C)[C@@H](NC(=O)c4ccccc4)c4ccccc4)C(C)=C([C@@H](OC(C)=O)C(=O)[C@]12C)C3(C)C. The van der Waals surface area contributed by atoms with Crippen molar-refractivity contribution in [3.8, 4) is 0 Å². The van der Waals surface area contributed by atoms with Crippen LogP contribution in [0.15, 0.2) is 96.1 Å². The Morgan fingerprint density at radius 2 is 1.42 bits per heavy atom. The van der Waals surface area contributed by atoms with Crippen molar-refractivity contribution in [3.05, 3.63) is 119 Å². The molecule has 1 aliphatic heterocycles. The zero-order chi connectivity index (χ0) is 56.8. The highest BCUT2D eigenvalue weighted by Gasteiger charge is 2.79. The van der Waals surface area contributed by atoms with Crippen LogP contribution in [0.1, 0.15) is 128 Å². The van der Waals surface area contributed by atoms with Crippen molar-refractivity contribution in [2.24, 2.45) is 16.7 Å². The molecular formula is C59H78FNO14Si2. The van der Waals surface area contributed by atoms with Crippen LogP contribution in [-0.4, -0.2) is 112 Å². The number of carbonyl (C=O) groups is 6. The van der Waals surface area contributed by atoms with Crippen LogP contribution in [0, 0.1) is 22.6 Å². The number of benzene rings is 3. The van der Waals surface area contributed by atoms with Gasteiger partial charge in [-0.3, -0.25) is 19.2 Å². The molecular weight excluding hydrogens is 1020 g/mol. The van der Waals surface area contributed by atoms with Crippen molar-refractivity contribution >= 4 is 52.2 Å². The van der Waals surface area contributed by atoms with E-state index in [9.17, 15) is 28.7 Å². The fourth-order valence-corrected chi connectivity index (χ4v) is 16.4. The molecule has 0 spiro atoms. The minimum Gasteiger partial charge on any atom is -0.456 e. The van der Waals surface area contributed by atoms with E-state index in [1.54, 1.807) is 88.4 Å². The molecule has 3 aromatic rings. The van der Waals surface area contributed by atoms with Gasteiger partial charge >= 0.3 is 23.9 Å². The number of Topliss-reactive ketones (excluding diaryl/α,β-unsaturated/α-hetero) is 1. The second kappa shape index (κ2) is 22.0. The summed E-state index contributed by atoms with van der Waals surface area (Å²) < 4.78 is 61.2. The Labute approximate surface area is 454 Å². The number of halogens is 1. The molecule has 0 aromatic heterocycles. The van der Waals surface area contributed by atoms with Crippen LogP contribution in [0.5, 0.6) is 0 Å². The quantitative estimate of drug-likeness (QED) is 0.0560. The van der Waals surface area contributed by atoms with Crippen molar-refractivity contribution in [1.82, 2.24) is 5.32 Å². The Hall–Kier alpha value is -5.38. The van der Waals surface area contributed by atoms with Crippen LogP contribution in [0.2, 0.25) is 36.3 Å². The number of nitrogens with one attached hydrogen (secondary N) is 1. The number of fused-ring (bicyclic) bond motifs is 5. The number of rotatable bonds is 17. The summed E-state index contributed by atoms with van der Waals surface area (Å²) in [7, 11) is -5.66. The van der Waals surface area contributed by atoms with Crippen LogP contribution < -0.4 is 5.32 Å². The van der Waals surface area contributed by atoms with Crippen molar-refractivity contribution < 1.29 is 70.8 Å². The molecule has 1 heterocycles. The third kappa shape index (κ3) is 10.8. The van der Waals surface area contributed by atoms with Crippen LogP contribution in [0.25, 0.3) is 0 Å². The van der Waals surface area contributed by atoms with E-state index in [0.29, 0.717) is 29.3 Å². The van der Waals surface area contributed by atoms with Crippen LogP contribution in [-0.2, 0) is 51.7 Å². The molecule has 1 saturated heterocycles. The predicted octanol–water partition coefficient (Wildman–Crippen LogP) is 9.93. The Morgan fingerprint density at radius 1 is 0.831 bits per heavy atom. The van der Waals surface area contributed by atoms with Gasteiger partial charge < -0.3 is 43.0 Å². The number of hydrogen-bond acceptors (Lipinski definition) is 14. The lowest BCUT2D eigenvalue weighted by atomic mass is 9.44. The fraction of sp³-hybridized carbons (Fsp3) is 0.559. The first kappa shape index (κ1) is 59.3. The monoisotopic (exact) mass is 1100 g/mol. The van der Waals surface area contributed by atoms with Crippen molar-refractivity contribution in [3.63, 3.8) is 0 Å². The minimum atomic E-state index is -2.97. The van der Waals surface area contributed by atoms with Gasteiger partial charge in [-0.1, -0.05) is 104 Å². The van der Waals surface area contributed by atoms with Gasteiger partial charge in [0.2, 0.25) is 0 Å². The number of ether oxygens (including phenoxy) is 5. The van der Waals surface area contributed by atoms with E-state index in [1.807, 2.05) is 54.6 Å². The maximum Gasteiger partial charge on any atom is 0.338 e. The first-order valence-electron chi connectivity index (χ1n) is 26.9. The second-order valence-electron chi connectivity index (χ2n) is 23.7. The normalized spacial score (nSPS) is 28.7. The van der Waals surface area contributed by atoms with Gasteiger partial charge in [-0.15, -0.1) is 0 Å². The summed E-state index contributed by atoms with van der Waals surface area (Å²) in [5.41, 5.74) is -6.64. The number of carbonyl (C=O) groups excluding carboxylic acids is 6. The Kier molecular flexibility index (Phi) is 17.0. The third-order valence-corrected chi connectivity index (χ3v) is 27.2. The number of aliphatic hydroxyl groups is 1. The third-order valence-electron chi connectivity index (χ3n) is 18.0. The first-order chi connectivity index (χ1) is 36.0. The molecule has 2 N–H and O–H groups in total. The van der Waals surface area contributed by atoms with Gasteiger partial charge in [0.1, 0.15) is 29.7 Å². The largest absolute Gasteiger partial charge is 0.456 e. The average molecular weight is 1100 g/mol. The highest BCUT2D eigenvalue weighted by molar-refractivity contribution is 6.74. The van der Waals surface area contributed by atoms with Gasteiger partial charge in [0.05, 0.1) is 35.6 Å². The molecule has 3 aromatic carbocycles. The van der Waals surface area contributed by atoms with Gasteiger partial charge in [-0.2, -0.15) is 0 Å². The zero-order valence-electron chi connectivity index (χ0n) is 47.1. The molecule has 1 amide bonds. The number of esters is 4. The average Bonchev–Trinajstić information content (AvgIpc) is 3.43. The number of ketones is 1. The summed E-state index contributed by atoms with van der Waals surface area (Å²) in [4.78, 5) is 88.6. The maximum atomic E-state index is 16.6. The molecule has 2 saturated carbocycles. The Bertz CT molecular complexity index is 2730. The van der Waals surface area contributed by atoms with Gasteiger partial charge in [-0.25, -0.2) is 14.0 Å². The van der Waals surface area contributed by atoms with E-state index in [4.69, 9.17) is 32.5 Å². The molecule has 11 atom stereocenters. The summed E-state index contributed by atoms with van der Waals surface area (Å²) in [6, 6.07) is 22.9. The van der Waals surface area contributed by atoms with Crippen molar-refractivity contribution in [1.29, 1.82) is 0 Å². The number of amides is 1. The number of hydrogen-bond donors (Lipinski definition) is 2. The molecule has 7 rings (SSSR count). The summed E-state index contributed by atoms with van der Waals surface area (Å²) in [5, 5.41) is 17.0. The molecule has 2 bridgehead atoms. The summed E-state index contributed by atoms with van der Waals surface area (Å²) in [6.07, 6.45) is -8.99. The summed E-state index contributed by atoms with van der Waals surface area (Å²) in [5.74, 6) is -6.81. The van der Waals surface area contributed by atoms with Gasteiger partial charge in [0.25, 0.3) is 5.91 Å². The standard InChI is InChI=1S/C59H78FNO14Si2/c1-15-77(16-2,17-3)74-43-32-44-58(34-69-44,73-37(6)63)49-51(72-53(66)40-28-30-41(60)31-29-40)59(68)33-42(35(4)45(56(59,10)11)47(70-36(5)62)50(64)57(43,49)12)71-54(67)48(75-76(13,14)55(7,8)9)46(38-24-20-18-21-25-38)61-52(65)39-26-22-19-23-27-39/h18-31,42-44,46-49,51,68H,15-17,32-34H2,1-14H3,(H,61,65)/t42-,43-,44+,46-,47+,48+,49-,51-,57+,58-,59+/m0/s1. The Morgan fingerprint density at radius 3 is 1.94 bits per heavy atom. The van der Waals surface area contributed by atoms with Crippen molar-refractivity contribution in [2.75, 3.05) is 6.61 Å². The highest BCUT2D eigenvalue weighted by atomic mass is 28.4.